The third-order valence-corrected chi connectivity index (χ3v) is 4.02. The molecular weight excluding hydrogens is 324 g/mol. The first-order valence-corrected chi connectivity index (χ1v) is 8.49. The van der Waals surface area contributed by atoms with Gasteiger partial charge in [0.15, 0.2) is 0 Å². The van der Waals surface area contributed by atoms with Crippen LogP contribution in [0.2, 0.25) is 0 Å². The maximum atomic E-state index is 12.2. The highest BCUT2D eigenvalue weighted by Gasteiger charge is 2.09. The van der Waals surface area contributed by atoms with E-state index in [2.05, 4.69) is 64.6 Å². The van der Waals surface area contributed by atoms with E-state index in [9.17, 15) is 4.79 Å². The lowest BCUT2D eigenvalue weighted by Gasteiger charge is -2.13. The van der Waals surface area contributed by atoms with Crippen LogP contribution < -0.4 is 5.32 Å². The Morgan fingerprint density at radius 2 is 1.81 bits per heavy atom. The summed E-state index contributed by atoms with van der Waals surface area (Å²) in [5, 5.41) is 2.91. The van der Waals surface area contributed by atoms with Crippen molar-refractivity contribution in [1.29, 1.82) is 0 Å². The van der Waals surface area contributed by atoms with E-state index in [1.54, 1.807) is 6.20 Å². The molecule has 5 nitrogen and oxygen atoms in total. The molecule has 1 N–H and O–H groups in total. The first-order chi connectivity index (χ1) is 12.6. The Balaban J connectivity index is 1.75. The summed E-state index contributed by atoms with van der Waals surface area (Å²) >= 11 is 0. The first kappa shape index (κ1) is 17.8. The van der Waals surface area contributed by atoms with Gasteiger partial charge in [-0.25, -0.2) is 4.98 Å². The molecular formula is C21H22N4O. The van der Waals surface area contributed by atoms with E-state index < -0.39 is 0 Å². The molecule has 0 aliphatic heterocycles. The van der Waals surface area contributed by atoms with Crippen LogP contribution in [0.5, 0.6) is 0 Å². The van der Waals surface area contributed by atoms with Gasteiger partial charge in [-0.05, 0) is 36.3 Å². The molecule has 0 unspecified atom stereocenters. The van der Waals surface area contributed by atoms with Gasteiger partial charge in [-0.2, -0.15) is 0 Å². The Labute approximate surface area is 153 Å². The van der Waals surface area contributed by atoms with Crippen LogP contribution in [0.4, 0.5) is 0 Å². The predicted molar refractivity (Wildman–Crippen MR) is 102 cm³/mol. The van der Waals surface area contributed by atoms with Crippen LogP contribution in [-0.2, 0) is 13.1 Å². The van der Waals surface area contributed by atoms with Gasteiger partial charge in [0.1, 0.15) is 5.69 Å². The number of carbonyl (C=O) groups is 1. The molecule has 5 heteroatoms. The molecule has 1 amide bonds. The third-order valence-electron chi connectivity index (χ3n) is 4.02. The van der Waals surface area contributed by atoms with Crippen LogP contribution in [0, 0.1) is 0 Å². The van der Waals surface area contributed by atoms with Gasteiger partial charge in [-0.15, -0.1) is 0 Å². The standard InChI is InChI=1S/C21H22N4O/c1-25(2)15-16-7-9-17(10-8-16)19-6-4-3-5-18(19)13-24-21(26)20-14-22-11-12-23-20/h3-12,14H,13,15H2,1-2H3,(H,24,26). The molecule has 0 aliphatic carbocycles. The summed E-state index contributed by atoms with van der Waals surface area (Å²) in [6.07, 6.45) is 4.52. The smallest absolute Gasteiger partial charge is 0.271 e. The summed E-state index contributed by atoms with van der Waals surface area (Å²) in [7, 11) is 4.12. The normalized spacial score (nSPS) is 10.7. The molecule has 132 valence electrons. The van der Waals surface area contributed by atoms with Gasteiger partial charge < -0.3 is 10.2 Å². The van der Waals surface area contributed by atoms with Crippen molar-refractivity contribution >= 4 is 5.91 Å². The van der Waals surface area contributed by atoms with Gasteiger partial charge in [0.2, 0.25) is 0 Å². The summed E-state index contributed by atoms with van der Waals surface area (Å²) < 4.78 is 0. The summed E-state index contributed by atoms with van der Waals surface area (Å²) in [4.78, 5) is 22.3. The van der Waals surface area contributed by atoms with Crippen molar-refractivity contribution < 1.29 is 4.79 Å². The highest BCUT2D eigenvalue weighted by atomic mass is 16.1. The molecule has 0 fully saturated rings. The summed E-state index contributed by atoms with van der Waals surface area (Å²) in [5.74, 6) is -0.228. The number of hydrogen-bond donors (Lipinski definition) is 1. The number of nitrogens with one attached hydrogen (secondary N) is 1. The fourth-order valence-corrected chi connectivity index (χ4v) is 2.79. The summed E-state index contributed by atoms with van der Waals surface area (Å²) in [5.41, 5.74) is 4.90. The van der Waals surface area contributed by atoms with Crippen LogP contribution in [0.15, 0.2) is 67.1 Å². The number of rotatable bonds is 6. The second-order valence-electron chi connectivity index (χ2n) is 6.37. The highest BCUT2D eigenvalue weighted by Crippen LogP contribution is 2.24. The molecule has 3 aromatic rings. The Hall–Kier alpha value is -3.05. The fourth-order valence-electron chi connectivity index (χ4n) is 2.79. The number of carbonyl (C=O) groups excluding carboxylic acids is 1. The lowest BCUT2D eigenvalue weighted by Crippen LogP contribution is -2.24. The predicted octanol–water partition coefficient (Wildman–Crippen LogP) is 3.14. The van der Waals surface area contributed by atoms with E-state index in [0.29, 0.717) is 12.2 Å². The first-order valence-electron chi connectivity index (χ1n) is 8.49. The molecule has 26 heavy (non-hydrogen) atoms. The van der Waals surface area contributed by atoms with Crippen LogP contribution in [-0.4, -0.2) is 34.9 Å². The number of hydrogen-bond acceptors (Lipinski definition) is 4. The maximum Gasteiger partial charge on any atom is 0.271 e. The number of benzene rings is 2. The van der Waals surface area contributed by atoms with Gasteiger partial charge in [0, 0.05) is 25.5 Å². The molecule has 0 atom stereocenters. The Bertz CT molecular complexity index is 861. The molecule has 0 spiro atoms. The lowest BCUT2D eigenvalue weighted by atomic mass is 9.98. The second kappa shape index (κ2) is 8.36. The minimum absolute atomic E-state index is 0.228. The zero-order chi connectivity index (χ0) is 18.4. The third kappa shape index (κ3) is 4.52. The molecule has 0 saturated carbocycles. The minimum Gasteiger partial charge on any atom is -0.347 e. The van der Waals surface area contributed by atoms with Gasteiger partial charge in [-0.1, -0.05) is 48.5 Å². The van der Waals surface area contributed by atoms with Crippen LogP contribution in [0.1, 0.15) is 21.6 Å². The maximum absolute atomic E-state index is 12.2. The van der Waals surface area contributed by atoms with Gasteiger partial charge in [-0.3, -0.25) is 9.78 Å². The lowest BCUT2D eigenvalue weighted by molar-refractivity contribution is 0.0945. The van der Waals surface area contributed by atoms with Crippen molar-refractivity contribution in [3.63, 3.8) is 0 Å². The van der Waals surface area contributed by atoms with Crippen molar-refractivity contribution in [2.45, 2.75) is 13.1 Å². The van der Waals surface area contributed by atoms with E-state index in [0.717, 1.165) is 23.2 Å². The molecule has 3 rings (SSSR count). The topological polar surface area (TPSA) is 58.1 Å². The van der Waals surface area contributed by atoms with Crippen LogP contribution in [0.3, 0.4) is 0 Å². The molecule has 1 heterocycles. The van der Waals surface area contributed by atoms with E-state index in [-0.39, 0.29) is 5.91 Å². The molecule has 0 saturated heterocycles. The van der Waals surface area contributed by atoms with Crippen molar-refractivity contribution in [2.75, 3.05) is 14.1 Å². The fraction of sp³-hybridized carbons (Fsp3) is 0.190. The average Bonchev–Trinajstić information content (AvgIpc) is 2.67. The van der Waals surface area contributed by atoms with Crippen molar-refractivity contribution in [3.05, 3.63) is 83.9 Å². The zero-order valence-electron chi connectivity index (χ0n) is 15.0. The van der Waals surface area contributed by atoms with Crippen LogP contribution >= 0.6 is 0 Å². The molecule has 1 aromatic heterocycles. The van der Waals surface area contributed by atoms with E-state index in [4.69, 9.17) is 0 Å². The second-order valence-corrected chi connectivity index (χ2v) is 6.37. The average molecular weight is 346 g/mol. The summed E-state index contributed by atoms with van der Waals surface area (Å²) in [6, 6.07) is 16.6. The van der Waals surface area contributed by atoms with Crippen LogP contribution in [0.25, 0.3) is 11.1 Å². The summed E-state index contributed by atoms with van der Waals surface area (Å²) in [6.45, 7) is 1.35. The monoisotopic (exact) mass is 346 g/mol. The van der Waals surface area contributed by atoms with Crippen molar-refractivity contribution in [2.24, 2.45) is 0 Å². The van der Waals surface area contributed by atoms with E-state index >= 15 is 0 Å². The minimum atomic E-state index is -0.228. The Kier molecular flexibility index (Phi) is 5.71. The van der Waals surface area contributed by atoms with Gasteiger partial charge in [0.05, 0.1) is 6.20 Å². The molecule has 0 radical (unpaired) electrons. The zero-order valence-corrected chi connectivity index (χ0v) is 15.0. The largest absolute Gasteiger partial charge is 0.347 e. The number of aromatic nitrogens is 2. The van der Waals surface area contributed by atoms with Gasteiger partial charge in [0.25, 0.3) is 5.91 Å². The number of amides is 1. The van der Waals surface area contributed by atoms with Crippen molar-refractivity contribution in [3.8, 4) is 11.1 Å². The SMILES string of the molecule is CN(C)Cc1ccc(-c2ccccc2CNC(=O)c2cnccn2)cc1. The van der Waals surface area contributed by atoms with E-state index in [1.807, 2.05) is 18.2 Å². The number of nitrogens with zero attached hydrogens (tertiary/aromatic N) is 3. The Morgan fingerprint density at radius 3 is 2.50 bits per heavy atom. The van der Waals surface area contributed by atoms with Crippen molar-refractivity contribution in [1.82, 2.24) is 20.2 Å². The molecule has 2 aromatic carbocycles. The Morgan fingerprint density at radius 1 is 1.04 bits per heavy atom. The molecule has 0 aliphatic rings. The highest BCUT2D eigenvalue weighted by molar-refractivity contribution is 5.91. The quantitative estimate of drug-likeness (QED) is 0.745. The van der Waals surface area contributed by atoms with E-state index in [1.165, 1.54) is 18.0 Å². The molecule has 0 bridgehead atoms. The van der Waals surface area contributed by atoms with Gasteiger partial charge >= 0.3 is 0 Å².